The Hall–Kier alpha value is -2.13. The van der Waals surface area contributed by atoms with Crippen LogP contribution in [0.5, 0.6) is 0 Å². The molecule has 0 saturated carbocycles. The van der Waals surface area contributed by atoms with Crippen LogP contribution in [0.3, 0.4) is 0 Å². The first-order chi connectivity index (χ1) is 15.4. The largest absolute Gasteiger partial charge is 0.358 e. The molecule has 176 valence electrons. The Labute approximate surface area is 191 Å². The van der Waals surface area contributed by atoms with Crippen molar-refractivity contribution in [2.24, 2.45) is 0 Å². The SMILES string of the molecule is CCN(CC)S(=O)(=O)c1ccc2c(c1)N(CCCC(=O)N1CCCC1)C(=O)[C@H]1CCCN21. The average Bonchev–Trinajstić information content (AvgIpc) is 3.49. The monoisotopic (exact) mass is 462 g/mol. The third-order valence-electron chi connectivity index (χ3n) is 6.93. The van der Waals surface area contributed by atoms with Gasteiger partial charge in [0.1, 0.15) is 6.04 Å². The highest BCUT2D eigenvalue weighted by Gasteiger charge is 2.41. The van der Waals surface area contributed by atoms with Gasteiger partial charge in [0, 0.05) is 45.7 Å². The molecular weight excluding hydrogens is 428 g/mol. The molecule has 0 spiro atoms. The number of carbonyl (C=O) groups excluding carboxylic acids is 2. The smallest absolute Gasteiger partial charge is 0.249 e. The maximum absolute atomic E-state index is 13.3. The summed E-state index contributed by atoms with van der Waals surface area (Å²) in [7, 11) is -3.63. The number of nitrogens with zero attached hydrogens (tertiary/aromatic N) is 4. The van der Waals surface area contributed by atoms with E-state index in [-0.39, 0.29) is 22.8 Å². The van der Waals surface area contributed by atoms with Gasteiger partial charge in [0.15, 0.2) is 0 Å². The Bertz CT molecular complexity index is 970. The molecule has 2 fully saturated rings. The highest BCUT2D eigenvalue weighted by atomic mass is 32.2. The van der Waals surface area contributed by atoms with Gasteiger partial charge in [-0.15, -0.1) is 0 Å². The van der Waals surface area contributed by atoms with E-state index in [9.17, 15) is 18.0 Å². The molecule has 9 heteroatoms. The van der Waals surface area contributed by atoms with Crippen molar-refractivity contribution >= 4 is 33.2 Å². The van der Waals surface area contributed by atoms with E-state index in [4.69, 9.17) is 0 Å². The molecule has 3 aliphatic heterocycles. The summed E-state index contributed by atoms with van der Waals surface area (Å²) in [6.07, 6.45) is 4.85. The van der Waals surface area contributed by atoms with E-state index in [0.717, 1.165) is 51.0 Å². The molecule has 1 aromatic rings. The predicted octanol–water partition coefficient (Wildman–Crippen LogP) is 2.44. The number of likely N-dealkylation sites (tertiary alicyclic amines) is 1. The number of benzene rings is 1. The molecule has 0 bridgehead atoms. The Kier molecular flexibility index (Phi) is 6.76. The topological polar surface area (TPSA) is 81.2 Å². The highest BCUT2D eigenvalue weighted by molar-refractivity contribution is 7.89. The van der Waals surface area contributed by atoms with E-state index in [0.29, 0.717) is 38.2 Å². The number of hydrogen-bond acceptors (Lipinski definition) is 5. The van der Waals surface area contributed by atoms with Crippen LogP contribution in [0, 0.1) is 0 Å². The maximum Gasteiger partial charge on any atom is 0.249 e. The van der Waals surface area contributed by atoms with E-state index in [1.165, 1.54) is 4.31 Å². The van der Waals surface area contributed by atoms with Crippen LogP contribution in [0.15, 0.2) is 23.1 Å². The number of carbonyl (C=O) groups is 2. The number of fused-ring (bicyclic) bond motifs is 3. The second-order valence-corrected chi connectivity index (χ2v) is 10.7. The fourth-order valence-electron chi connectivity index (χ4n) is 5.19. The van der Waals surface area contributed by atoms with Gasteiger partial charge in [-0.25, -0.2) is 8.42 Å². The standard InChI is InChI=1S/C23H34N4O4S/c1-3-25(4-2)32(30,31)18-11-12-19-21(17-18)27(23(29)20-9-7-15-26(19)20)16-8-10-22(28)24-13-5-6-14-24/h11-12,17,20H,3-10,13-16H2,1-2H3/t20-/m1/s1. The minimum Gasteiger partial charge on any atom is -0.358 e. The van der Waals surface area contributed by atoms with Crippen molar-refractivity contribution in [3.8, 4) is 0 Å². The minimum absolute atomic E-state index is 0.0148. The highest BCUT2D eigenvalue weighted by Crippen LogP contribution is 2.41. The number of anilines is 2. The van der Waals surface area contributed by atoms with E-state index >= 15 is 0 Å². The summed E-state index contributed by atoms with van der Waals surface area (Å²) in [6, 6.07) is 4.96. The Morgan fingerprint density at radius 3 is 2.47 bits per heavy atom. The molecule has 0 unspecified atom stereocenters. The zero-order valence-corrected chi connectivity index (χ0v) is 19.9. The fourth-order valence-corrected chi connectivity index (χ4v) is 6.67. The number of hydrogen-bond donors (Lipinski definition) is 0. The van der Waals surface area contributed by atoms with E-state index in [2.05, 4.69) is 4.90 Å². The molecule has 2 saturated heterocycles. The molecule has 1 aromatic carbocycles. The van der Waals surface area contributed by atoms with E-state index in [1.54, 1.807) is 17.0 Å². The zero-order valence-electron chi connectivity index (χ0n) is 19.1. The number of amides is 2. The van der Waals surface area contributed by atoms with Crippen molar-refractivity contribution in [1.29, 1.82) is 0 Å². The lowest BCUT2D eigenvalue weighted by molar-refractivity contribution is -0.130. The van der Waals surface area contributed by atoms with Crippen molar-refractivity contribution in [3.05, 3.63) is 18.2 Å². The summed E-state index contributed by atoms with van der Waals surface area (Å²) in [4.78, 5) is 31.7. The van der Waals surface area contributed by atoms with Crippen molar-refractivity contribution in [1.82, 2.24) is 9.21 Å². The van der Waals surface area contributed by atoms with Crippen LogP contribution in [-0.4, -0.2) is 74.7 Å². The summed E-state index contributed by atoms with van der Waals surface area (Å²) in [5, 5.41) is 0. The lowest BCUT2D eigenvalue weighted by atomic mass is 10.1. The summed E-state index contributed by atoms with van der Waals surface area (Å²) >= 11 is 0. The van der Waals surface area contributed by atoms with Crippen LogP contribution in [0.4, 0.5) is 11.4 Å². The molecular formula is C23H34N4O4S. The third-order valence-corrected chi connectivity index (χ3v) is 8.97. The van der Waals surface area contributed by atoms with Crippen molar-refractivity contribution in [3.63, 3.8) is 0 Å². The summed E-state index contributed by atoms with van der Waals surface area (Å²) < 4.78 is 27.6. The molecule has 0 aromatic heterocycles. The fraction of sp³-hybridized carbons (Fsp3) is 0.652. The van der Waals surface area contributed by atoms with E-state index < -0.39 is 10.0 Å². The second kappa shape index (κ2) is 9.39. The Morgan fingerprint density at radius 1 is 1.06 bits per heavy atom. The molecule has 1 atom stereocenters. The Balaban J connectivity index is 1.60. The molecule has 4 rings (SSSR count). The predicted molar refractivity (Wildman–Crippen MR) is 124 cm³/mol. The normalized spacial score (nSPS) is 20.8. The lowest BCUT2D eigenvalue weighted by Gasteiger charge is -2.40. The van der Waals surface area contributed by atoms with Crippen molar-refractivity contribution < 1.29 is 18.0 Å². The van der Waals surface area contributed by atoms with Gasteiger partial charge in [-0.2, -0.15) is 4.31 Å². The van der Waals surface area contributed by atoms with Crippen molar-refractivity contribution in [2.45, 2.75) is 63.3 Å². The molecule has 32 heavy (non-hydrogen) atoms. The van der Waals surface area contributed by atoms with Crippen LogP contribution in [0.1, 0.15) is 52.4 Å². The van der Waals surface area contributed by atoms with Crippen molar-refractivity contribution in [2.75, 3.05) is 49.1 Å². The molecule has 0 radical (unpaired) electrons. The van der Waals surface area contributed by atoms with Crippen LogP contribution in [-0.2, 0) is 19.6 Å². The number of rotatable bonds is 8. The molecule has 3 aliphatic rings. The lowest BCUT2D eigenvalue weighted by Crippen LogP contribution is -2.51. The maximum atomic E-state index is 13.3. The van der Waals surface area contributed by atoms with Gasteiger partial charge < -0.3 is 14.7 Å². The van der Waals surface area contributed by atoms with E-state index in [1.807, 2.05) is 24.8 Å². The third kappa shape index (κ3) is 4.12. The molecule has 0 N–H and O–H groups in total. The van der Waals surface area contributed by atoms with Gasteiger partial charge in [0.05, 0.1) is 16.3 Å². The summed E-state index contributed by atoms with van der Waals surface area (Å²) in [5.41, 5.74) is 1.56. The average molecular weight is 463 g/mol. The van der Waals surface area contributed by atoms with Crippen LogP contribution >= 0.6 is 0 Å². The number of sulfonamides is 1. The summed E-state index contributed by atoms with van der Waals surface area (Å²) in [5.74, 6) is 0.161. The van der Waals surface area contributed by atoms with Gasteiger partial charge in [-0.05, 0) is 50.3 Å². The minimum atomic E-state index is -3.63. The van der Waals surface area contributed by atoms with Gasteiger partial charge in [-0.3, -0.25) is 9.59 Å². The second-order valence-electron chi connectivity index (χ2n) is 8.77. The van der Waals surface area contributed by atoms with Gasteiger partial charge >= 0.3 is 0 Å². The quantitative estimate of drug-likeness (QED) is 0.593. The van der Waals surface area contributed by atoms with Gasteiger partial charge in [0.2, 0.25) is 21.8 Å². The molecule has 3 heterocycles. The molecule has 0 aliphatic carbocycles. The summed E-state index contributed by atoms with van der Waals surface area (Å²) in [6.45, 7) is 7.30. The first kappa shape index (κ1) is 23.0. The zero-order chi connectivity index (χ0) is 22.9. The van der Waals surface area contributed by atoms with Crippen LogP contribution < -0.4 is 9.80 Å². The first-order valence-electron chi connectivity index (χ1n) is 11.9. The molecule has 8 nitrogen and oxygen atoms in total. The van der Waals surface area contributed by atoms with Gasteiger partial charge in [-0.1, -0.05) is 13.8 Å². The molecule has 2 amide bonds. The first-order valence-corrected chi connectivity index (χ1v) is 13.3. The van der Waals surface area contributed by atoms with Crippen LogP contribution in [0.25, 0.3) is 0 Å². The Morgan fingerprint density at radius 2 is 1.78 bits per heavy atom. The van der Waals surface area contributed by atoms with Gasteiger partial charge in [0.25, 0.3) is 0 Å². The van der Waals surface area contributed by atoms with Crippen LogP contribution in [0.2, 0.25) is 0 Å².